The highest BCUT2D eigenvalue weighted by Gasteiger charge is 2.19. The summed E-state index contributed by atoms with van der Waals surface area (Å²) in [5.41, 5.74) is 7.46. The van der Waals surface area contributed by atoms with Gasteiger partial charge in [0, 0.05) is 4.91 Å². The molecule has 0 aliphatic heterocycles. The molecular formula is C19H18Cl2N2S. The molecule has 0 saturated carbocycles. The van der Waals surface area contributed by atoms with Gasteiger partial charge in [0.1, 0.15) is 10.3 Å². The highest BCUT2D eigenvalue weighted by atomic mass is 35.5. The van der Waals surface area contributed by atoms with Crippen LogP contribution in [0.3, 0.4) is 0 Å². The fourth-order valence-electron chi connectivity index (χ4n) is 2.98. The van der Waals surface area contributed by atoms with Crippen LogP contribution in [-0.2, 0) is 12.8 Å². The van der Waals surface area contributed by atoms with Gasteiger partial charge < -0.3 is 0 Å². The van der Waals surface area contributed by atoms with Crippen LogP contribution in [-0.4, -0.2) is 16.2 Å². The second kappa shape index (κ2) is 7.30. The van der Waals surface area contributed by atoms with Crippen LogP contribution in [0.1, 0.15) is 36.4 Å². The first-order chi connectivity index (χ1) is 11.5. The maximum atomic E-state index is 5.85. The molecule has 0 atom stereocenters. The molecule has 0 amide bonds. The van der Waals surface area contributed by atoms with Crippen molar-refractivity contribution in [2.45, 2.75) is 26.7 Å². The van der Waals surface area contributed by atoms with Crippen LogP contribution in [0.2, 0.25) is 10.3 Å². The van der Waals surface area contributed by atoms with E-state index in [1.807, 2.05) is 18.2 Å². The summed E-state index contributed by atoms with van der Waals surface area (Å²) < 4.78 is 0. The van der Waals surface area contributed by atoms with Gasteiger partial charge in [0.25, 0.3) is 0 Å². The van der Waals surface area contributed by atoms with Crippen LogP contribution < -0.4 is 0 Å². The average molecular weight is 377 g/mol. The molecule has 2 nitrogen and oxygen atoms in total. The van der Waals surface area contributed by atoms with Crippen molar-refractivity contribution >= 4 is 45.9 Å². The zero-order valence-corrected chi connectivity index (χ0v) is 16.2. The summed E-state index contributed by atoms with van der Waals surface area (Å²) in [6.45, 7) is 4.26. The molecule has 2 aromatic rings. The number of allylic oxidation sites excluding steroid dienone is 2. The lowest BCUT2D eigenvalue weighted by Gasteiger charge is -2.01. The molecule has 0 bridgehead atoms. The third-order valence-corrected chi connectivity index (χ3v) is 5.41. The summed E-state index contributed by atoms with van der Waals surface area (Å²) in [5.74, 6) is 0. The van der Waals surface area contributed by atoms with Gasteiger partial charge in [-0.05, 0) is 62.3 Å². The van der Waals surface area contributed by atoms with E-state index in [2.05, 4.69) is 42.2 Å². The number of aromatic nitrogens is 2. The summed E-state index contributed by atoms with van der Waals surface area (Å²) in [4.78, 5) is 9.83. The minimum Gasteiger partial charge on any atom is -0.236 e. The molecule has 0 saturated heterocycles. The molecule has 2 aliphatic carbocycles. The fourth-order valence-corrected chi connectivity index (χ4v) is 4.07. The predicted octanol–water partition coefficient (Wildman–Crippen LogP) is 6.08. The number of rotatable bonds is 1. The van der Waals surface area contributed by atoms with E-state index in [4.69, 9.17) is 23.2 Å². The van der Waals surface area contributed by atoms with Gasteiger partial charge in [-0.1, -0.05) is 46.5 Å². The second-order valence-corrected chi connectivity index (χ2v) is 7.57. The number of hydrogen-bond donors (Lipinski definition) is 0. The molecular weight excluding hydrogens is 359 g/mol. The Labute approximate surface area is 157 Å². The van der Waals surface area contributed by atoms with Gasteiger partial charge >= 0.3 is 0 Å². The topological polar surface area (TPSA) is 25.8 Å². The molecule has 4 rings (SSSR count). The number of nitrogens with zero attached hydrogens (tertiary/aromatic N) is 2. The normalized spacial score (nSPS) is 14.8. The number of halogens is 2. The molecule has 124 valence electrons. The van der Waals surface area contributed by atoms with E-state index < -0.39 is 0 Å². The Bertz CT molecular complexity index is 856. The molecule has 0 fully saturated rings. The summed E-state index contributed by atoms with van der Waals surface area (Å²) in [6, 6.07) is 7.80. The molecule has 2 aromatic heterocycles. The lowest BCUT2D eigenvalue weighted by molar-refractivity contribution is 1.16. The number of pyridine rings is 2. The Morgan fingerprint density at radius 2 is 1.58 bits per heavy atom. The lowest BCUT2D eigenvalue weighted by Crippen LogP contribution is -1.87. The highest BCUT2D eigenvalue weighted by Crippen LogP contribution is 2.38. The van der Waals surface area contributed by atoms with Gasteiger partial charge in [-0.25, -0.2) is 9.97 Å². The number of thioether (sulfide) groups is 1. The predicted molar refractivity (Wildman–Crippen MR) is 106 cm³/mol. The van der Waals surface area contributed by atoms with Crippen LogP contribution in [0, 0.1) is 0 Å². The van der Waals surface area contributed by atoms with Gasteiger partial charge in [-0.2, -0.15) is 0 Å². The van der Waals surface area contributed by atoms with Crippen LogP contribution in [0.4, 0.5) is 0 Å². The molecule has 0 radical (unpaired) electrons. The minimum absolute atomic E-state index is 0.578. The Hall–Kier alpha value is -1.29. The van der Waals surface area contributed by atoms with Crippen LogP contribution in [0.5, 0.6) is 0 Å². The van der Waals surface area contributed by atoms with Gasteiger partial charge in [0.05, 0.1) is 11.4 Å². The van der Waals surface area contributed by atoms with Gasteiger partial charge in [-0.3, -0.25) is 0 Å². The van der Waals surface area contributed by atoms with Gasteiger partial charge in [0.2, 0.25) is 0 Å². The first-order valence-electron chi connectivity index (χ1n) is 7.70. The Morgan fingerprint density at radius 3 is 2.29 bits per heavy atom. The highest BCUT2D eigenvalue weighted by molar-refractivity contribution is 8.07. The smallest absolute Gasteiger partial charge is 0.129 e. The van der Waals surface area contributed by atoms with Crippen LogP contribution in [0.15, 0.2) is 35.4 Å². The quantitative estimate of drug-likeness (QED) is 0.563. The molecule has 24 heavy (non-hydrogen) atoms. The molecule has 0 aromatic carbocycles. The standard InChI is InChI=1S/C10H10ClNS.C9H8ClN/c1-6-5-7-3-4-8(11)12-9(7)10(6)13-2;1-6-4-7-2-3-9(10)11-8(7)5-6/h3-4H,5H2,1-2H3;2-3,5H,4H2,1H3. The van der Waals surface area contributed by atoms with Crippen LogP contribution >= 0.6 is 35.0 Å². The Kier molecular flexibility index (Phi) is 5.33. The van der Waals surface area contributed by atoms with Crippen molar-refractivity contribution in [1.29, 1.82) is 0 Å². The fraction of sp³-hybridized carbons (Fsp3) is 0.263. The Balaban J connectivity index is 0.000000143. The first-order valence-corrected chi connectivity index (χ1v) is 9.68. The SMILES string of the molecule is CC1=Cc2nc(Cl)ccc2C1.CSC1=C(C)Cc2ccc(Cl)nc21. The maximum Gasteiger partial charge on any atom is 0.129 e. The van der Waals surface area contributed by atoms with E-state index in [1.165, 1.54) is 27.2 Å². The zero-order valence-electron chi connectivity index (χ0n) is 13.9. The van der Waals surface area contributed by atoms with Crippen molar-refractivity contribution in [1.82, 2.24) is 9.97 Å². The van der Waals surface area contributed by atoms with Crippen LogP contribution in [0.25, 0.3) is 11.0 Å². The van der Waals surface area contributed by atoms with Crippen molar-refractivity contribution in [3.8, 4) is 0 Å². The summed E-state index contributed by atoms with van der Waals surface area (Å²) in [7, 11) is 0. The van der Waals surface area contributed by atoms with E-state index in [1.54, 1.807) is 11.8 Å². The molecule has 0 N–H and O–H groups in total. The van der Waals surface area contributed by atoms with E-state index in [9.17, 15) is 0 Å². The lowest BCUT2D eigenvalue weighted by atomic mass is 10.2. The maximum absolute atomic E-state index is 5.85. The number of hydrogen-bond acceptors (Lipinski definition) is 3. The monoisotopic (exact) mass is 376 g/mol. The van der Waals surface area contributed by atoms with E-state index in [0.717, 1.165) is 24.2 Å². The van der Waals surface area contributed by atoms with E-state index in [-0.39, 0.29) is 0 Å². The van der Waals surface area contributed by atoms with Gasteiger partial charge in [0.15, 0.2) is 0 Å². The summed E-state index contributed by atoms with van der Waals surface area (Å²) in [5, 5.41) is 1.16. The van der Waals surface area contributed by atoms with Crippen molar-refractivity contribution in [3.63, 3.8) is 0 Å². The molecule has 5 heteroatoms. The summed E-state index contributed by atoms with van der Waals surface area (Å²) in [6.07, 6.45) is 6.22. The summed E-state index contributed by atoms with van der Waals surface area (Å²) >= 11 is 13.3. The first kappa shape index (κ1) is 17.5. The Morgan fingerprint density at radius 1 is 0.917 bits per heavy atom. The zero-order chi connectivity index (χ0) is 17.3. The third kappa shape index (κ3) is 3.69. The molecule has 2 heterocycles. The largest absolute Gasteiger partial charge is 0.236 e. The van der Waals surface area contributed by atoms with Crippen molar-refractivity contribution in [2.75, 3.05) is 6.26 Å². The average Bonchev–Trinajstić information content (AvgIpc) is 3.05. The number of fused-ring (bicyclic) bond motifs is 2. The molecule has 0 unspecified atom stereocenters. The van der Waals surface area contributed by atoms with Crippen molar-refractivity contribution in [2.24, 2.45) is 0 Å². The van der Waals surface area contributed by atoms with E-state index in [0.29, 0.717) is 10.3 Å². The second-order valence-electron chi connectivity index (χ2n) is 5.98. The minimum atomic E-state index is 0.578. The van der Waals surface area contributed by atoms with Gasteiger partial charge in [-0.15, -0.1) is 11.8 Å². The van der Waals surface area contributed by atoms with Crippen molar-refractivity contribution < 1.29 is 0 Å². The van der Waals surface area contributed by atoms with E-state index >= 15 is 0 Å². The molecule has 2 aliphatic rings. The van der Waals surface area contributed by atoms with Crippen molar-refractivity contribution in [3.05, 3.63) is 68.2 Å². The third-order valence-electron chi connectivity index (χ3n) is 4.04. The molecule has 0 spiro atoms.